The molecule has 18 heavy (non-hydrogen) atoms. The maximum absolute atomic E-state index is 12.0. The molecule has 0 unspecified atom stereocenters. The molecule has 0 fully saturated rings. The number of nitrogens with zero attached hydrogens (tertiary/aromatic N) is 1. The molecule has 0 atom stereocenters. The van der Waals surface area contributed by atoms with Gasteiger partial charge in [-0.2, -0.15) is 0 Å². The summed E-state index contributed by atoms with van der Waals surface area (Å²) in [6, 6.07) is 6.24. The fourth-order valence-electron chi connectivity index (χ4n) is 2.43. The molecule has 1 heterocycles. The number of anilines is 1. The number of rotatable bonds is 2. The summed E-state index contributed by atoms with van der Waals surface area (Å²) >= 11 is 0. The van der Waals surface area contributed by atoms with Gasteiger partial charge in [0.2, 0.25) is 0 Å². The van der Waals surface area contributed by atoms with Crippen molar-refractivity contribution < 1.29 is 4.79 Å². The molecule has 0 spiro atoms. The molecule has 0 saturated heterocycles. The highest BCUT2D eigenvalue weighted by molar-refractivity contribution is 5.95. The summed E-state index contributed by atoms with van der Waals surface area (Å²) in [5.74, 6) is 0.0275. The third kappa shape index (κ3) is 2.84. The highest BCUT2D eigenvalue weighted by Gasteiger charge is 2.15. The summed E-state index contributed by atoms with van der Waals surface area (Å²) in [4.78, 5) is 14.3. The van der Waals surface area contributed by atoms with Crippen LogP contribution in [0.5, 0.6) is 0 Å². The van der Waals surface area contributed by atoms with Crippen LogP contribution in [0.4, 0.5) is 5.69 Å². The lowest BCUT2D eigenvalue weighted by atomic mass is 10.0. The highest BCUT2D eigenvalue weighted by atomic mass is 16.1. The van der Waals surface area contributed by atoms with Crippen LogP contribution in [0.25, 0.3) is 0 Å². The van der Waals surface area contributed by atoms with Crippen molar-refractivity contribution in [2.75, 3.05) is 18.5 Å². The van der Waals surface area contributed by atoms with Gasteiger partial charge in [-0.25, -0.2) is 0 Å². The summed E-state index contributed by atoms with van der Waals surface area (Å²) in [7, 11) is 2.12. The van der Waals surface area contributed by atoms with E-state index in [1.54, 1.807) is 0 Å². The molecule has 1 aromatic rings. The molecule has 1 amide bonds. The third-order valence-corrected chi connectivity index (χ3v) is 3.36. The van der Waals surface area contributed by atoms with Crippen LogP contribution in [-0.4, -0.2) is 25.5 Å². The number of fused-ring (bicyclic) bond motifs is 1. The Kier molecular flexibility index (Phi) is 3.90. The van der Waals surface area contributed by atoms with E-state index in [2.05, 4.69) is 29.4 Å². The Morgan fingerprint density at radius 2 is 2.11 bits per heavy atom. The number of carbonyl (C=O) groups is 1. The van der Waals surface area contributed by atoms with Crippen LogP contribution < -0.4 is 10.2 Å². The average molecular weight is 246 g/mol. The first-order chi connectivity index (χ1) is 8.58. The second-order valence-electron chi connectivity index (χ2n) is 5.35. The van der Waals surface area contributed by atoms with Crippen molar-refractivity contribution in [3.05, 3.63) is 29.3 Å². The summed E-state index contributed by atoms with van der Waals surface area (Å²) in [6.07, 6.45) is 3.49. The van der Waals surface area contributed by atoms with E-state index < -0.39 is 0 Å². The lowest BCUT2D eigenvalue weighted by Gasteiger charge is -2.20. The molecule has 2 rings (SSSR count). The summed E-state index contributed by atoms with van der Waals surface area (Å²) in [6.45, 7) is 5.06. The van der Waals surface area contributed by atoms with Crippen LogP contribution in [0.2, 0.25) is 0 Å². The second kappa shape index (κ2) is 5.42. The Labute approximate surface area is 109 Å². The molecule has 1 aromatic carbocycles. The second-order valence-corrected chi connectivity index (χ2v) is 5.35. The topological polar surface area (TPSA) is 32.3 Å². The molecule has 0 saturated carbocycles. The fourth-order valence-corrected chi connectivity index (χ4v) is 2.43. The van der Waals surface area contributed by atoms with Crippen molar-refractivity contribution in [3.8, 4) is 0 Å². The highest BCUT2D eigenvalue weighted by Crippen LogP contribution is 2.26. The number of hydrogen-bond acceptors (Lipinski definition) is 2. The van der Waals surface area contributed by atoms with E-state index in [1.807, 2.05) is 19.9 Å². The summed E-state index contributed by atoms with van der Waals surface area (Å²) < 4.78 is 0. The van der Waals surface area contributed by atoms with Gasteiger partial charge >= 0.3 is 0 Å². The van der Waals surface area contributed by atoms with Gasteiger partial charge in [-0.15, -0.1) is 0 Å². The van der Waals surface area contributed by atoms with E-state index in [9.17, 15) is 4.79 Å². The Bertz CT molecular complexity index is 440. The van der Waals surface area contributed by atoms with Crippen molar-refractivity contribution in [1.82, 2.24) is 5.32 Å². The molecule has 0 bridgehead atoms. The van der Waals surface area contributed by atoms with Gasteiger partial charge in [0.05, 0.1) is 0 Å². The minimum atomic E-state index is 0.0275. The lowest BCUT2D eigenvalue weighted by Crippen LogP contribution is -2.30. The van der Waals surface area contributed by atoms with Gasteiger partial charge in [0.25, 0.3) is 5.91 Å². The predicted octanol–water partition coefficient (Wildman–Crippen LogP) is 2.60. The number of amides is 1. The number of aryl methyl sites for hydroxylation is 1. The maximum Gasteiger partial charge on any atom is 0.251 e. The van der Waals surface area contributed by atoms with Crippen LogP contribution in [0.3, 0.4) is 0 Å². The number of hydrogen-bond donors (Lipinski definition) is 1. The van der Waals surface area contributed by atoms with Gasteiger partial charge in [0, 0.05) is 30.9 Å². The van der Waals surface area contributed by atoms with Crippen molar-refractivity contribution in [3.63, 3.8) is 0 Å². The zero-order chi connectivity index (χ0) is 13.1. The van der Waals surface area contributed by atoms with E-state index in [4.69, 9.17) is 0 Å². The molecule has 3 nitrogen and oxygen atoms in total. The summed E-state index contributed by atoms with van der Waals surface area (Å²) in [5, 5.41) is 2.94. The standard InChI is InChI=1S/C15H22N2O/c1-11(2)16-15(18)13-7-8-14-12(10-13)6-4-5-9-17(14)3/h7-8,10-11H,4-6,9H2,1-3H3,(H,16,18). The molecule has 0 aromatic heterocycles. The minimum Gasteiger partial charge on any atom is -0.374 e. The van der Waals surface area contributed by atoms with Crippen molar-refractivity contribution in [2.45, 2.75) is 39.2 Å². The predicted molar refractivity (Wildman–Crippen MR) is 75.3 cm³/mol. The van der Waals surface area contributed by atoms with Crippen LogP contribution in [0.1, 0.15) is 42.6 Å². The molecular formula is C15H22N2O. The van der Waals surface area contributed by atoms with Gasteiger partial charge in [0.15, 0.2) is 0 Å². The van der Waals surface area contributed by atoms with Crippen molar-refractivity contribution in [1.29, 1.82) is 0 Å². The number of carbonyl (C=O) groups excluding carboxylic acids is 1. The SMILES string of the molecule is CC(C)NC(=O)c1ccc2c(c1)CCCCN2C. The third-order valence-electron chi connectivity index (χ3n) is 3.36. The van der Waals surface area contributed by atoms with Gasteiger partial charge in [-0.05, 0) is 56.9 Å². The van der Waals surface area contributed by atoms with E-state index in [1.165, 1.54) is 24.1 Å². The Morgan fingerprint density at radius 1 is 1.33 bits per heavy atom. The molecule has 98 valence electrons. The quantitative estimate of drug-likeness (QED) is 0.870. The van der Waals surface area contributed by atoms with Gasteiger partial charge in [-0.1, -0.05) is 0 Å². The average Bonchev–Trinajstić information content (AvgIpc) is 2.50. The molecular weight excluding hydrogens is 224 g/mol. The van der Waals surface area contributed by atoms with Crippen LogP contribution in [0.15, 0.2) is 18.2 Å². The van der Waals surface area contributed by atoms with Crippen molar-refractivity contribution in [2.24, 2.45) is 0 Å². The van der Waals surface area contributed by atoms with Gasteiger partial charge < -0.3 is 10.2 Å². The zero-order valence-electron chi connectivity index (χ0n) is 11.5. The van der Waals surface area contributed by atoms with Crippen LogP contribution in [0, 0.1) is 0 Å². The first-order valence-electron chi connectivity index (χ1n) is 6.73. The molecule has 1 aliphatic heterocycles. The van der Waals surface area contributed by atoms with Crippen LogP contribution >= 0.6 is 0 Å². The smallest absolute Gasteiger partial charge is 0.251 e. The zero-order valence-corrected chi connectivity index (χ0v) is 11.5. The number of benzene rings is 1. The Hall–Kier alpha value is -1.51. The molecule has 0 aliphatic carbocycles. The van der Waals surface area contributed by atoms with E-state index in [0.29, 0.717) is 0 Å². The van der Waals surface area contributed by atoms with Crippen molar-refractivity contribution >= 4 is 11.6 Å². The van der Waals surface area contributed by atoms with Gasteiger partial charge in [-0.3, -0.25) is 4.79 Å². The summed E-state index contributed by atoms with van der Waals surface area (Å²) in [5.41, 5.74) is 3.35. The first kappa shape index (κ1) is 12.9. The largest absolute Gasteiger partial charge is 0.374 e. The maximum atomic E-state index is 12.0. The normalized spacial score (nSPS) is 15.2. The van der Waals surface area contributed by atoms with E-state index >= 15 is 0 Å². The Balaban J connectivity index is 2.26. The number of nitrogens with one attached hydrogen (secondary N) is 1. The van der Waals surface area contributed by atoms with Gasteiger partial charge in [0.1, 0.15) is 0 Å². The molecule has 0 radical (unpaired) electrons. The Morgan fingerprint density at radius 3 is 2.83 bits per heavy atom. The molecule has 3 heteroatoms. The minimum absolute atomic E-state index is 0.0275. The lowest BCUT2D eigenvalue weighted by molar-refractivity contribution is 0.0943. The molecule has 1 N–H and O–H groups in total. The molecule has 1 aliphatic rings. The fraction of sp³-hybridized carbons (Fsp3) is 0.533. The monoisotopic (exact) mass is 246 g/mol. The van der Waals surface area contributed by atoms with E-state index in [-0.39, 0.29) is 11.9 Å². The first-order valence-corrected chi connectivity index (χ1v) is 6.73. The van der Waals surface area contributed by atoms with Crippen LogP contribution in [-0.2, 0) is 6.42 Å². The van der Waals surface area contributed by atoms with E-state index in [0.717, 1.165) is 18.5 Å².